The largest absolute Gasteiger partial charge is 0.481 e. The Hall–Kier alpha value is -1.46. The Kier molecular flexibility index (Phi) is 3.14. The van der Waals surface area contributed by atoms with Crippen LogP contribution in [0.15, 0.2) is 23.8 Å². The van der Waals surface area contributed by atoms with Crippen molar-refractivity contribution in [1.29, 1.82) is 0 Å². The van der Waals surface area contributed by atoms with Crippen LogP contribution in [0.5, 0.6) is 0 Å². The van der Waals surface area contributed by atoms with E-state index >= 15 is 0 Å². The molecule has 5 heteroatoms. The van der Waals surface area contributed by atoms with Gasteiger partial charge in [-0.15, -0.1) is 0 Å². The van der Waals surface area contributed by atoms with Crippen molar-refractivity contribution >= 4 is 11.8 Å². The van der Waals surface area contributed by atoms with Crippen LogP contribution in [0.2, 0.25) is 0 Å². The molecule has 0 amide bonds. The van der Waals surface area contributed by atoms with Gasteiger partial charge in [-0.05, 0) is 44.4 Å². The molecule has 0 aliphatic heterocycles. The Labute approximate surface area is 147 Å². The smallest absolute Gasteiger partial charge is 0.309 e. The number of carbonyl (C=O) groups excluding carboxylic acids is 1. The normalized spacial score (nSPS) is 51.6. The number of aliphatic hydroxyl groups is 2. The number of aliphatic hydroxyl groups excluding tert-OH is 1. The first-order chi connectivity index (χ1) is 11.5. The average Bonchev–Trinajstić information content (AvgIpc) is 2.64. The van der Waals surface area contributed by atoms with Gasteiger partial charge in [0.15, 0.2) is 5.78 Å². The van der Waals surface area contributed by atoms with Gasteiger partial charge in [-0.2, -0.15) is 0 Å². The van der Waals surface area contributed by atoms with E-state index in [-0.39, 0.29) is 24.2 Å². The highest BCUT2D eigenvalue weighted by atomic mass is 16.4. The standard InChI is InChI=1S/C20H26O5/c1-11-15(22)19-9-12(21)14-17(2,6-4-7-18(14,3)16(23)24)13(19)5-8-20(11,25)10-19/h5,12,14,21,25H,1,4,6-10H2,2-3H3,(H,23,24)/t12-,14?,17-,18+,19+,20-/m0/s1. The summed E-state index contributed by atoms with van der Waals surface area (Å²) in [6.45, 7) is 7.57. The highest BCUT2D eigenvalue weighted by Crippen LogP contribution is 2.70. The average molecular weight is 346 g/mol. The minimum Gasteiger partial charge on any atom is -0.481 e. The fourth-order valence-corrected chi connectivity index (χ4v) is 6.82. The molecule has 1 unspecified atom stereocenters. The van der Waals surface area contributed by atoms with Crippen LogP contribution in [0.1, 0.15) is 52.4 Å². The molecule has 4 aliphatic rings. The van der Waals surface area contributed by atoms with E-state index in [9.17, 15) is 24.9 Å². The number of carbonyl (C=O) groups is 2. The zero-order chi connectivity index (χ0) is 18.4. The zero-order valence-electron chi connectivity index (χ0n) is 14.8. The first-order valence-corrected chi connectivity index (χ1v) is 9.10. The monoisotopic (exact) mass is 346 g/mol. The van der Waals surface area contributed by atoms with Crippen molar-refractivity contribution in [2.45, 2.75) is 64.1 Å². The molecule has 4 rings (SSSR count). The van der Waals surface area contributed by atoms with E-state index in [4.69, 9.17) is 0 Å². The molecule has 2 bridgehead atoms. The number of Topliss-reactive ketones (excluding diaryl/α,β-unsaturated/α-hetero) is 1. The fraction of sp³-hybridized carbons (Fsp3) is 0.700. The second-order valence-corrected chi connectivity index (χ2v) is 9.16. The predicted octanol–water partition coefficient (Wildman–Crippen LogP) is 2.22. The third-order valence-corrected chi connectivity index (χ3v) is 7.84. The van der Waals surface area contributed by atoms with Crippen molar-refractivity contribution in [1.82, 2.24) is 0 Å². The minimum absolute atomic E-state index is 0.167. The van der Waals surface area contributed by atoms with Crippen LogP contribution in [0.25, 0.3) is 0 Å². The molecular formula is C20H26O5. The van der Waals surface area contributed by atoms with Crippen LogP contribution in [0.4, 0.5) is 0 Å². The number of hydrogen-bond donors (Lipinski definition) is 3. The number of carboxylic acid groups (broad SMARTS) is 1. The number of hydrogen-bond acceptors (Lipinski definition) is 4. The van der Waals surface area contributed by atoms with E-state index in [2.05, 4.69) is 6.58 Å². The van der Waals surface area contributed by atoms with Crippen LogP contribution in [0, 0.1) is 22.2 Å². The van der Waals surface area contributed by atoms with Crippen LogP contribution in [0.3, 0.4) is 0 Å². The van der Waals surface area contributed by atoms with E-state index in [0.29, 0.717) is 12.8 Å². The molecule has 136 valence electrons. The Morgan fingerprint density at radius 1 is 1.32 bits per heavy atom. The summed E-state index contributed by atoms with van der Waals surface area (Å²) in [5.41, 5.74) is -2.51. The van der Waals surface area contributed by atoms with Crippen LogP contribution in [-0.2, 0) is 9.59 Å². The SMILES string of the molecule is C=C1C(=O)[C@@]23C[C@H](O)C4[C@](C)(C(=O)O)CCC[C@@]4(C)C2=CC[C@]1(O)C3. The number of carboxylic acids is 1. The predicted molar refractivity (Wildman–Crippen MR) is 90.7 cm³/mol. The van der Waals surface area contributed by atoms with E-state index < -0.39 is 39.8 Å². The van der Waals surface area contributed by atoms with Gasteiger partial charge in [-0.3, -0.25) is 9.59 Å². The van der Waals surface area contributed by atoms with Crippen LogP contribution in [-0.4, -0.2) is 38.8 Å². The topological polar surface area (TPSA) is 94.8 Å². The van der Waals surface area contributed by atoms with E-state index in [1.165, 1.54) is 0 Å². The molecule has 3 N–H and O–H groups in total. The van der Waals surface area contributed by atoms with Crippen molar-refractivity contribution < 1.29 is 24.9 Å². The molecule has 0 aromatic heterocycles. The van der Waals surface area contributed by atoms with Crippen molar-refractivity contribution in [2.24, 2.45) is 22.2 Å². The summed E-state index contributed by atoms with van der Waals surface area (Å²) >= 11 is 0. The highest BCUT2D eigenvalue weighted by Gasteiger charge is 2.70. The molecule has 3 saturated carbocycles. The third-order valence-electron chi connectivity index (χ3n) is 7.84. The van der Waals surface area contributed by atoms with Crippen molar-refractivity contribution in [3.05, 3.63) is 23.8 Å². The second kappa shape index (κ2) is 4.63. The Morgan fingerprint density at radius 2 is 2.00 bits per heavy atom. The van der Waals surface area contributed by atoms with E-state index in [1.807, 2.05) is 13.0 Å². The lowest BCUT2D eigenvalue weighted by Gasteiger charge is -2.61. The lowest BCUT2D eigenvalue weighted by Crippen LogP contribution is -2.61. The molecular weight excluding hydrogens is 320 g/mol. The summed E-state index contributed by atoms with van der Waals surface area (Å²) in [6, 6.07) is 0. The maximum atomic E-state index is 13.1. The maximum absolute atomic E-state index is 13.1. The molecule has 0 aromatic rings. The van der Waals surface area contributed by atoms with Crippen molar-refractivity contribution in [3.8, 4) is 0 Å². The summed E-state index contributed by atoms with van der Waals surface area (Å²) < 4.78 is 0. The third kappa shape index (κ3) is 1.76. The molecule has 0 aromatic carbocycles. The molecule has 0 radical (unpaired) electrons. The quantitative estimate of drug-likeness (QED) is 0.500. The first-order valence-electron chi connectivity index (χ1n) is 9.10. The minimum atomic E-state index is -1.21. The molecule has 3 fully saturated rings. The van der Waals surface area contributed by atoms with E-state index in [0.717, 1.165) is 18.4 Å². The Morgan fingerprint density at radius 3 is 2.64 bits per heavy atom. The van der Waals surface area contributed by atoms with E-state index in [1.54, 1.807) is 6.92 Å². The molecule has 5 nitrogen and oxygen atoms in total. The van der Waals surface area contributed by atoms with Gasteiger partial charge in [-0.25, -0.2) is 0 Å². The maximum Gasteiger partial charge on any atom is 0.309 e. The molecule has 1 spiro atoms. The molecule has 25 heavy (non-hydrogen) atoms. The van der Waals surface area contributed by atoms with Gasteiger partial charge in [0.1, 0.15) is 0 Å². The molecule has 0 saturated heterocycles. The van der Waals surface area contributed by atoms with Gasteiger partial charge in [-0.1, -0.05) is 31.6 Å². The Balaban J connectivity index is 1.91. The summed E-state index contributed by atoms with van der Waals surface area (Å²) in [6.07, 6.45) is 3.89. The van der Waals surface area contributed by atoms with Gasteiger partial charge in [0.05, 0.1) is 22.5 Å². The van der Waals surface area contributed by atoms with Gasteiger partial charge in [0.2, 0.25) is 0 Å². The number of aliphatic carboxylic acids is 1. The second-order valence-electron chi connectivity index (χ2n) is 9.16. The lowest BCUT2D eigenvalue weighted by atomic mass is 9.43. The number of allylic oxidation sites excluding steroid dienone is 1. The fourth-order valence-electron chi connectivity index (χ4n) is 6.82. The van der Waals surface area contributed by atoms with Gasteiger partial charge >= 0.3 is 5.97 Å². The summed E-state index contributed by atoms with van der Waals surface area (Å²) in [5.74, 6) is -1.48. The van der Waals surface area contributed by atoms with Crippen LogP contribution < -0.4 is 0 Å². The molecule has 6 atom stereocenters. The van der Waals surface area contributed by atoms with Gasteiger partial charge in [0.25, 0.3) is 0 Å². The van der Waals surface area contributed by atoms with Gasteiger partial charge in [0, 0.05) is 11.5 Å². The number of fused-ring (bicyclic) bond motifs is 3. The number of ketones is 1. The molecule has 0 heterocycles. The van der Waals surface area contributed by atoms with Crippen LogP contribution >= 0.6 is 0 Å². The first kappa shape index (κ1) is 17.0. The van der Waals surface area contributed by atoms with Crippen molar-refractivity contribution in [3.63, 3.8) is 0 Å². The van der Waals surface area contributed by atoms with Gasteiger partial charge < -0.3 is 15.3 Å². The highest BCUT2D eigenvalue weighted by molar-refractivity contribution is 6.07. The number of rotatable bonds is 1. The summed E-state index contributed by atoms with van der Waals surface area (Å²) in [4.78, 5) is 25.1. The summed E-state index contributed by atoms with van der Waals surface area (Å²) in [5, 5.41) is 31.7. The zero-order valence-corrected chi connectivity index (χ0v) is 14.8. The molecule has 4 aliphatic carbocycles. The lowest BCUT2D eigenvalue weighted by molar-refractivity contribution is -0.175. The van der Waals surface area contributed by atoms with Crippen molar-refractivity contribution in [2.75, 3.05) is 0 Å². The summed E-state index contributed by atoms with van der Waals surface area (Å²) in [7, 11) is 0. The Bertz CT molecular complexity index is 738.